The average Bonchev–Trinajstić information content (AvgIpc) is 3.35. The molecule has 2 atom stereocenters. The molecule has 3 aromatic rings. The molecule has 4 heterocycles. The lowest BCUT2D eigenvalue weighted by Gasteiger charge is -2.41. The molecule has 42 heavy (non-hydrogen) atoms. The zero-order valence-electron chi connectivity index (χ0n) is 21.9. The molecule has 4 N–H and O–H groups in total. The van der Waals surface area contributed by atoms with E-state index in [1.165, 1.54) is 17.2 Å². The van der Waals surface area contributed by atoms with Crippen molar-refractivity contribution in [3.05, 3.63) is 64.1 Å². The molecule has 4 rings (SSSR count). The summed E-state index contributed by atoms with van der Waals surface area (Å²) in [6.45, 7) is 1.97. The number of anilines is 2. The first-order valence-corrected chi connectivity index (χ1v) is 12.4. The average molecular weight is 602 g/mol. The molecule has 3 aromatic heterocycles. The number of nitrogens with two attached hydrogens (primary N) is 1. The number of carbonyl (C=O) groups is 2. The molecule has 18 heteroatoms. The van der Waals surface area contributed by atoms with Gasteiger partial charge < -0.3 is 25.4 Å². The Hall–Kier alpha value is -4.64. The second-order valence-corrected chi connectivity index (χ2v) is 9.67. The van der Waals surface area contributed by atoms with E-state index in [4.69, 9.17) is 5.73 Å². The van der Waals surface area contributed by atoms with Gasteiger partial charge in [-0.05, 0) is 13.0 Å². The highest BCUT2D eigenvalue weighted by Gasteiger charge is 2.38. The minimum Gasteiger partial charge on any atom is -0.379 e. The van der Waals surface area contributed by atoms with Crippen LogP contribution in [0.4, 0.5) is 38.0 Å². The predicted octanol–water partition coefficient (Wildman–Crippen LogP) is 2.11. The van der Waals surface area contributed by atoms with Crippen molar-refractivity contribution in [1.82, 2.24) is 29.6 Å². The van der Waals surface area contributed by atoms with Crippen LogP contribution in [-0.2, 0) is 23.7 Å². The Labute approximate surface area is 233 Å². The number of nitrogens with one attached hydrogen (secondary N) is 2. The van der Waals surface area contributed by atoms with Crippen molar-refractivity contribution in [3.63, 3.8) is 0 Å². The number of aromatic nitrogens is 5. The molecule has 0 aromatic carbocycles. The number of aromatic amines is 1. The molecule has 0 saturated carbocycles. The van der Waals surface area contributed by atoms with E-state index in [1.54, 1.807) is 27.7 Å². The number of H-pyrrole nitrogens is 1. The van der Waals surface area contributed by atoms with E-state index in [0.29, 0.717) is 12.4 Å². The molecule has 0 radical (unpaired) electrons. The molecule has 0 aliphatic carbocycles. The van der Waals surface area contributed by atoms with Crippen molar-refractivity contribution < 1.29 is 35.9 Å². The summed E-state index contributed by atoms with van der Waals surface area (Å²) in [4.78, 5) is 47.3. The molecule has 0 unspecified atom stereocenters. The Morgan fingerprint density at radius 1 is 1.12 bits per heavy atom. The fraction of sp³-hybridized carbons (Fsp3) is 0.417. The number of hydrogen-bond donors (Lipinski definition) is 3. The minimum absolute atomic E-state index is 0.00139. The van der Waals surface area contributed by atoms with Gasteiger partial charge in [0.2, 0.25) is 11.9 Å². The Kier molecular flexibility index (Phi) is 8.44. The first-order valence-electron chi connectivity index (χ1n) is 12.4. The zero-order valence-corrected chi connectivity index (χ0v) is 21.9. The summed E-state index contributed by atoms with van der Waals surface area (Å²) in [5, 5.41) is 7.79. The molecular formula is C24H25F6N9O3. The van der Waals surface area contributed by atoms with Gasteiger partial charge in [0.15, 0.2) is 0 Å². The summed E-state index contributed by atoms with van der Waals surface area (Å²) in [7, 11) is 0. The topological polar surface area (TPSA) is 155 Å². The van der Waals surface area contributed by atoms with Crippen LogP contribution in [0.15, 0.2) is 41.8 Å². The highest BCUT2D eigenvalue weighted by molar-refractivity contribution is 5.94. The third-order valence-electron chi connectivity index (χ3n) is 6.45. The van der Waals surface area contributed by atoms with Crippen LogP contribution in [0.5, 0.6) is 0 Å². The summed E-state index contributed by atoms with van der Waals surface area (Å²) >= 11 is 0. The number of nitrogens with zero attached hydrogens (tertiary/aromatic N) is 6. The third-order valence-corrected chi connectivity index (χ3v) is 6.45. The van der Waals surface area contributed by atoms with Crippen LogP contribution < -0.4 is 21.5 Å². The molecule has 1 aliphatic heterocycles. The monoisotopic (exact) mass is 601 g/mol. The normalized spacial score (nSPS) is 16.8. The van der Waals surface area contributed by atoms with Gasteiger partial charge in [-0.15, -0.1) is 0 Å². The molecular weight excluding hydrogens is 576 g/mol. The summed E-state index contributed by atoms with van der Waals surface area (Å²) in [6.07, 6.45) is -4.55. The Bertz CT molecular complexity index is 1490. The van der Waals surface area contributed by atoms with Gasteiger partial charge in [0.1, 0.15) is 5.56 Å². The summed E-state index contributed by atoms with van der Waals surface area (Å²) in [5.74, 6) is -1.15. The van der Waals surface area contributed by atoms with Crippen LogP contribution in [-0.4, -0.2) is 73.2 Å². The molecule has 2 amide bonds. The van der Waals surface area contributed by atoms with Gasteiger partial charge >= 0.3 is 12.4 Å². The van der Waals surface area contributed by atoms with Crippen molar-refractivity contribution in [1.29, 1.82) is 0 Å². The van der Waals surface area contributed by atoms with Crippen LogP contribution >= 0.6 is 0 Å². The lowest BCUT2D eigenvalue weighted by molar-refractivity contribution is -0.139. The lowest BCUT2D eigenvalue weighted by Crippen LogP contribution is -2.56. The molecule has 1 saturated heterocycles. The standard InChI is InChI=1S/C24H25F6N9O3/c1-13(35-17-9-34-36-20(41)19(17)24(28,29)30)10-37-3-2-14(11-37)21(42)39-5-4-38(12-16(39)6-18(31)40)22-32-7-15(8-33-22)23(25,26)27/h2-3,7-9,11,13,16H,4-6,10,12H2,1H3,(H2,31,40)(H2,35,36,41)/t13-,16-/m0/s1. The van der Waals surface area contributed by atoms with Gasteiger partial charge in [-0.1, -0.05) is 0 Å². The van der Waals surface area contributed by atoms with E-state index in [0.717, 1.165) is 6.20 Å². The smallest absolute Gasteiger partial charge is 0.379 e. The highest BCUT2D eigenvalue weighted by atomic mass is 19.4. The predicted molar refractivity (Wildman–Crippen MR) is 135 cm³/mol. The number of carbonyl (C=O) groups excluding carboxylic acids is 2. The fourth-order valence-corrected chi connectivity index (χ4v) is 4.61. The Morgan fingerprint density at radius 2 is 1.81 bits per heavy atom. The van der Waals surface area contributed by atoms with E-state index in [9.17, 15) is 40.7 Å². The van der Waals surface area contributed by atoms with E-state index in [-0.39, 0.29) is 44.1 Å². The van der Waals surface area contributed by atoms with Crippen LogP contribution in [0, 0.1) is 0 Å². The molecule has 0 spiro atoms. The Balaban J connectivity index is 1.44. The maximum atomic E-state index is 13.4. The number of hydrogen-bond acceptors (Lipinski definition) is 8. The second-order valence-electron chi connectivity index (χ2n) is 9.67. The van der Waals surface area contributed by atoms with Crippen molar-refractivity contribution in [3.8, 4) is 0 Å². The summed E-state index contributed by atoms with van der Waals surface area (Å²) < 4.78 is 80.1. The van der Waals surface area contributed by atoms with Gasteiger partial charge in [-0.25, -0.2) is 15.1 Å². The van der Waals surface area contributed by atoms with Gasteiger partial charge in [-0.2, -0.15) is 31.4 Å². The number of rotatable bonds is 8. The quantitative estimate of drug-likeness (QED) is 0.332. The SMILES string of the molecule is C[C@@H](Cn1ccc(C(=O)N2CCN(c3ncc(C(F)(F)F)cn3)C[C@@H]2CC(N)=O)c1)Nc1cn[nH]c(=O)c1C(F)(F)F. The summed E-state index contributed by atoms with van der Waals surface area (Å²) in [6, 6.07) is 0.139. The molecule has 226 valence electrons. The molecule has 0 bridgehead atoms. The van der Waals surface area contributed by atoms with E-state index in [1.807, 2.05) is 0 Å². The van der Waals surface area contributed by atoms with Crippen LogP contribution in [0.3, 0.4) is 0 Å². The zero-order chi connectivity index (χ0) is 30.8. The first-order chi connectivity index (χ1) is 19.6. The number of alkyl halides is 6. The maximum Gasteiger partial charge on any atom is 0.423 e. The first kappa shape index (κ1) is 30.3. The van der Waals surface area contributed by atoms with Crippen LogP contribution in [0.2, 0.25) is 0 Å². The van der Waals surface area contributed by atoms with Gasteiger partial charge in [0.05, 0.1) is 29.1 Å². The van der Waals surface area contributed by atoms with E-state index < -0.39 is 58.6 Å². The molecule has 12 nitrogen and oxygen atoms in total. The van der Waals surface area contributed by atoms with Gasteiger partial charge in [0, 0.05) is 63.4 Å². The highest BCUT2D eigenvalue weighted by Crippen LogP contribution is 2.32. The lowest BCUT2D eigenvalue weighted by atomic mass is 10.1. The summed E-state index contributed by atoms with van der Waals surface area (Å²) in [5.41, 5.74) is 1.31. The van der Waals surface area contributed by atoms with Crippen molar-refractivity contribution in [2.45, 2.75) is 44.3 Å². The second kappa shape index (κ2) is 11.7. The van der Waals surface area contributed by atoms with Crippen molar-refractivity contribution >= 4 is 23.5 Å². The number of halogens is 6. The largest absolute Gasteiger partial charge is 0.423 e. The van der Waals surface area contributed by atoms with Crippen molar-refractivity contribution in [2.75, 3.05) is 29.9 Å². The van der Waals surface area contributed by atoms with Gasteiger partial charge in [0.25, 0.3) is 11.5 Å². The maximum absolute atomic E-state index is 13.4. The number of piperazine rings is 1. The van der Waals surface area contributed by atoms with E-state index >= 15 is 0 Å². The minimum atomic E-state index is -4.91. The van der Waals surface area contributed by atoms with Crippen molar-refractivity contribution in [2.24, 2.45) is 5.73 Å². The van der Waals surface area contributed by atoms with Crippen LogP contribution in [0.1, 0.15) is 34.8 Å². The Morgan fingerprint density at radius 3 is 2.43 bits per heavy atom. The number of amides is 2. The van der Waals surface area contributed by atoms with Gasteiger partial charge in [-0.3, -0.25) is 14.4 Å². The third kappa shape index (κ3) is 6.98. The molecule has 1 fully saturated rings. The molecule has 1 aliphatic rings. The number of primary amides is 1. The fourth-order valence-electron chi connectivity index (χ4n) is 4.61. The van der Waals surface area contributed by atoms with E-state index in [2.05, 4.69) is 20.4 Å². The van der Waals surface area contributed by atoms with Crippen LogP contribution in [0.25, 0.3) is 0 Å².